The van der Waals surface area contributed by atoms with Gasteiger partial charge in [-0.3, -0.25) is 4.98 Å². The Morgan fingerprint density at radius 1 is 0.750 bits per heavy atom. The maximum Gasteiger partial charge on any atom is 0.150 e. The van der Waals surface area contributed by atoms with Gasteiger partial charge in [-0.05, 0) is 73.0 Å². The van der Waals surface area contributed by atoms with Gasteiger partial charge in [0.1, 0.15) is 9.84 Å². The lowest BCUT2D eigenvalue weighted by Crippen LogP contribution is -2.18. The van der Waals surface area contributed by atoms with Crippen LogP contribution in [0.4, 0.5) is 0 Å². The van der Waals surface area contributed by atoms with Crippen LogP contribution in [0, 0.1) is 0 Å². The van der Waals surface area contributed by atoms with Crippen molar-refractivity contribution in [1.29, 1.82) is 0 Å². The molecule has 6 rings (SSSR count). The van der Waals surface area contributed by atoms with E-state index in [4.69, 9.17) is 21.6 Å². The lowest BCUT2D eigenvalue weighted by molar-refractivity contribution is 0.588. The minimum atomic E-state index is -3.17. The first kappa shape index (κ1) is 26.1. The number of hydrogen-bond acceptors (Lipinski definition) is 5. The number of sulfone groups is 1. The van der Waals surface area contributed by atoms with Gasteiger partial charge in [0.15, 0.2) is 0 Å². The lowest BCUT2D eigenvalue weighted by atomic mass is 9.94. The van der Waals surface area contributed by atoms with E-state index in [-0.39, 0.29) is 0 Å². The molecule has 0 N–H and O–H groups in total. The minimum Gasteiger partial charge on any atom is -0.256 e. The third-order valence-electron chi connectivity index (χ3n) is 7.15. The molecule has 0 saturated heterocycles. The molecule has 0 bridgehead atoms. The largest absolute Gasteiger partial charge is 0.256 e. The van der Waals surface area contributed by atoms with E-state index in [0.29, 0.717) is 11.4 Å². The van der Waals surface area contributed by atoms with Gasteiger partial charge < -0.3 is 0 Å². The fourth-order valence-electron chi connectivity index (χ4n) is 4.92. The van der Waals surface area contributed by atoms with Crippen LogP contribution in [0.5, 0.6) is 0 Å². The van der Waals surface area contributed by atoms with Gasteiger partial charge >= 0.3 is 0 Å². The summed E-state index contributed by atoms with van der Waals surface area (Å²) < 4.78 is 24.4. The molecule has 0 saturated carbocycles. The van der Waals surface area contributed by atoms with Gasteiger partial charge in [-0.2, -0.15) is 0 Å². The third-order valence-corrected chi connectivity index (χ3v) is 9.03. The maximum atomic E-state index is 12.2. The molecule has 1 unspecified atom stereocenters. The van der Waals surface area contributed by atoms with Gasteiger partial charge in [-0.25, -0.2) is 18.4 Å². The van der Waals surface area contributed by atoms with Crippen LogP contribution in [0.1, 0.15) is 12.5 Å². The van der Waals surface area contributed by atoms with Crippen LogP contribution in [-0.2, 0) is 16.3 Å². The second-order valence-electron chi connectivity index (χ2n) is 10.1. The van der Waals surface area contributed by atoms with Crippen LogP contribution in [-0.4, -0.2) is 34.9 Å². The molecule has 0 aliphatic rings. The fraction of sp³-hybridized carbons (Fsp3) is 0.121. The fourth-order valence-corrected chi connectivity index (χ4v) is 5.54. The van der Waals surface area contributed by atoms with Crippen molar-refractivity contribution < 1.29 is 8.42 Å². The Balaban J connectivity index is 1.53. The predicted octanol–water partition coefficient (Wildman–Crippen LogP) is 7.81. The highest BCUT2D eigenvalue weighted by Crippen LogP contribution is 2.36. The molecule has 0 amide bonds. The van der Waals surface area contributed by atoms with Crippen molar-refractivity contribution >= 4 is 43.4 Å². The van der Waals surface area contributed by atoms with E-state index in [1.54, 1.807) is 13.1 Å². The zero-order valence-electron chi connectivity index (χ0n) is 22.0. The van der Waals surface area contributed by atoms with Gasteiger partial charge in [0, 0.05) is 39.6 Å². The zero-order chi connectivity index (χ0) is 27.9. The van der Waals surface area contributed by atoms with E-state index in [0.717, 1.165) is 61.1 Å². The van der Waals surface area contributed by atoms with Crippen molar-refractivity contribution in [2.24, 2.45) is 0 Å². The second kappa shape index (κ2) is 10.5. The van der Waals surface area contributed by atoms with Crippen molar-refractivity contribution in [3.05, 3.63) is 114 Å². The van der Waals surface area contributed by atoms with E-state index in [2.05, 4.69) is 17.1 Å². The number of halogens is 1. The topological polar surface area (TPSA) is 72.8 Å². The molecule has 0 radical (unpaired) electrons. The minimum absolute atomic E-state index is 0.424. The Hall–Kier alpha value is -4.13. The molecule has 0 spiro atoms. The third kappa shape index (κ3) is 5.20. The Morgan fingerprint density at radius 3 is 2.12 bits per heavy atom. The number of benzene rings is 4. The first-order chi connectivity index (χ1) is 19.3. The second-order valence-corrected chi connectivity index (χ2v) is 13.0. The summed E-state index contributed by atoms with van der Waals surface area (Å²) in [6.07, 6.45) is 3.49. The molecule has 2 aromatic heterocycles. The van der Waals surface area contributed by atoms with Crippen molar-refractivity contribution in [1.82, 2.24) is 15.0 Å². The van der Waals surface area contributed by atoms with E-state index in [1.165, 1.54) is 6.26 Å². The van der Waals surface area contributed by atoms with Crippen LogP contribution < -0.4 is 0 Å². The highest BCUT2D eigenvalue weighted by atomic mass is 35.5. The van der Waals surface area contributed by atoms with E-state index in [9.17, 15) is 8.42 Å². The van der Waals surface area contributed by atoms with Crippen LogP contribution in [0.3, 0.4) is 0 Å². The van der Waals surface area contributed by atoms with Gasteiger partial charge in [0.05, 0.1) is 33.2 Å². The SMILES string of the molecule is CC(Cc1cc(-c2cccc(-c3nc4ccccc4nc3-c3ccc(Cl)cc3)c2)c2ncccc2c1)S(C)(=O)=O. The number of aromatic nitrogens is 3. The Kier molecular flexibility index (Phi) is 6.82. The zero-order valence-corrected chi connectivity index (χ0v) is 23.6. The Bertz CT molecular complexity index is 1990. The first-order valence-electron chi connectivity index (χ1n) is 13.0. The van der Waals surface area contributed by atoms with Gasteiger partial charge in [0.2, 0.25) is 0 Å². The molecule has 4 aromatic carbocycles. The highest BCUT2D eigenvalue weighted by Gasteiger charge is 2.18. The van der Waals surface area contributed by atoms with Crippen molar-refractivity contribution in [3.63, 3.8) is 0 Å². The predicted molar refractivity (Wildman–Crippen MR) is 164 cm³/mol. The highest BCUT2D eigenvalue weighted by molar-refractivity contribution is 7.91. The van der Waals surface area contributed by atoms with Crippen LogP contribution in [0.2, 0.25) is 5.02 Å². The number of hydrogen-bond donors (Lipinski definition) is 0. The molecule has 7 heteroatoms. The van der Waals surface area contributed by atoms with Gasteiger partial charge in [-0.1, -0.05) is 60.1 Å². The summed E-state index contributed by atoms with van der Waals surface area (Å²) in [5.41, 5.74) is 8.72. The summed E-state index contributed by atoms with van der Waals surface area (Å²) in [4.78, 5) is 14.7. The molecule has 0 aliphatic carbocycles. The average Bonchev–Trinajstić information content (AvgIpc) is 2.96. The number of fused-ring (bicyclic) bond motifs is 2. The lowest BCUT2D eigenvalue weighted by Gasteiger charge is -2.15. The molecule has 0 fully saturated rings. The van der Waals surface area contributed by atoms with Gasteiger partial charge in [0.25, 0.3) is 0 Å². The summed E-state index contributed by atoms with van der Waals surface area (Å²) in [6.45, 7) is 1.75. The molecule has 0 aliphatic heterocycles. The molecule has 1 atom stereocenters. The summed E-state index contributed by atoms with van der Waals surface area (Å²) >= 11 is 6.18. The van der Waals surface area contributed by atoms with Crippen molar-refractivity contribution in [2.75, 3.05) is 6.26 Å². The number of nitrogens with zero attached hydrogens (tertiary/aromatic N) is 3. The first-order valence-corrected chi connectivity index (χ1v) is 15.3. The molecule has 6 aromatic rings. The number of pyridine rings is 1. The quantitative estimate of drug-likeness (QED) is 0.207. The summed E-state index contributed by atoms with van der Waals surface area (Å²) in [5, 5.41) is 1.13. The normalized spacial score (nSPS) is 12.6. The number of rotatable bonds is 6. The van der Waals surface area contributed by atoms with E-state index >= 15 is 0 Å². The van der Waals surface area contributed by atoms with Crippen LogP contribution >= 0.6 is 11.6 Å². The molecule has 2 heterocycles. The van der Waals surface area contributed by atoms with E-state index < -0.39 is 15.1 Å². The Morgan fingerprint density at radius 2 is 1.43 bits per heavy atom. The van der Waals surface area contributed by atoms with Crippen LogP contribution in [0.15, 0.2) is 103 Å². The number of para-hydroxylation sites is 2. The molecule has 40 heavy (non-hydrogen) atoms. The molecular formula is C33H26ClN3O2S. The van der Waals surface area contributed by atoms with Crippen LogP contribution in [0.25, 0.3) is 55.6 Å². The van der Waals surface area contributed by atoms with E-state index in [1.807, 2.05) is 84.9 Å². The van der Waals surface area contributed by atoms with Gasteiger partial charge in [-0.15, -0.1) is 0 Å². The summed E-state index contributed by atoms with van der Waals surface area (Å²) in [5.74, 6) is 0. The molecular weight excluding hydrogens is 538 g/mol. The maximum absolute atomic E-state index is 12.2. The van der Waals surface area contributed by atoms with Crippen molar-refractivity contribution in [2.45, 2.75) is 18.6 Å². The smallest absolute Gasteiger partial charge is 0.150 e. The van der Waals surface area contributed by atoms with Crippen molar-refractivity contribution in [3.8, 4) is 33.6 Å². The summed E-state index contributed by atoms with van der Waals surface area (Å²) in [7, 11) is -3.17. The standard InChI is InChI=1S/C33H26ClN3O2S/c1-21(40(2,38)39)17-22-18-25-9-6-16-35-31(25)28(19-22)24-7-5-8-26(20-24)33-32(23-12-14-27(34)15-13-23)36-29-10-3-4-11-30(29)37-33/h3-16,18-21H,17H2,1-2H3. The Labute approximate surface area is 238 Å². The molecule has 198 valence electrons. The average molecular weight is 564 g/mol. The summed E-state index contributed by atoms with van der Waals surface area (Å²) in [6, 6.07) is 31.7. The monoisotopic (exact) mass is 563 g/mol. The molecule has 5 nitrogen and oxygen atoms in total.